The van der Waals surface area contributed by atoms with Crippen molar-refractivity contribution in [3.8, 4) is 11.5 Å². The lowest BCUT2D eigenvalue weighted by Crippen LogP contribution is -2.49. The van der Waals surface area contributed by atoms with E-state index in [4.69, 9.17) is 15.2 Å². The highest BCUT2D eigenvalue weighted by molar-refractivity contribution is 5.98. The van der Waals surface area contributed by atoms with Crippen LogP contribution < -0.4 is 15.2 Å². The molecule has 0 saturated carbocycles. The van der Waals surface area contributed by atoms with E-state index in [9.17, 15) is 4.79 Å². The Labute approximate surface area is 125 Å². The van der Waals surface area contributed by atoms with Gasteiger partial charge in [0.15, 0.2) is 11.5 Å². The fraction of sp³-hybridized carbons (Fsp3) is 0.562. The Morgan fingerprint density at radius 1 is 1.38 bits per heavy atom. The summed E-state index contributed by atoms with van der Waals surface area (Å²) in [5.74, 6) is 1.63. The number of rotatable bonds is 2. The fourth-order valence-corrected chi connectivity index (χ4v) is 3.08. The van der Waals surface area contributed by atoms with Crippen molar-refractivity contribution >= 4 is 5.91 Å². The van der Waals surface area contributed by atoms with Gasteiger partial charge >= 0.3 is 0 Å². The van der Waals surface area contributed by atoms with Gasteiger partial charge in [-0.05, 0) is 24.5 Å². The van der Waals surface area contributed by atoms with Gasteiger partial charge in [-0.3, -0.25) is 4.79 Å². The Bertz CT molecular complexity index is 532. The van der Waals surface area contributed by atoms with E-state index in [1.807, 2.05) is 23.1 Å². The van der Waals surface area contributed by atoms with Crippen molar-refractivity contribution in [2.24, 2.45) is 11.7 Å². The van der Waals surface area contributed by atoms with E-state index in [2.05, 4.69) is 6.92 Å². The maximum absolute atomic E-state index is 12.8. The summed E-state index contributed by atoms with van der Waals surface area (Å²) in [4.78, 5) is 14.7. The maximum Gasteiger partial charge on any atom is 0.257 e. The third-order valence-electron chi connectivity index (χ3n) is 4.40. The molecule has 2 aliphatic rings. The summed E-state index contributed by atoms with van der Waals surface area (Å²) in [6, 6.07) is 5.69. The van der Waals surface area contributed by atoms with Gasteiger partial charge in [0.05, 0.1) is 5.56 Å². The summed E-state index contributed by atoms with van der Waals surface area (Å²) < 4.78 is 11.2. The van der Waals surface area contributed by atoms with E-state index in [0.717, 1.165) is 19.4 Å². The van der Waals surface area contributed by atoms with Gasteiger partial charge in [-0.2, -0.15) is 0 Å². The first kappa shape index (κ1) is 14.2. The van der Waals surface area contributed by atoms with Crippen LogP contribution in [0.2, 0.25) is 0 Å². The Morgan fingerprint density at radius 2 is 2.19 bits per heavy atom. The average molecular weight is 290 g/mol. The largest absolute Gasteiger partial charge is 0.486 e. The van der Waals surface area contributed by atoms with Gasteiger partial charge in [-0.15, -0.1) is 0 Å². The number of carbonyl (C=O) groups excluding carboxylic acids is 1. The standard InChI is InChI=1S/C16H22N2O3/c1-2-11-10-18(7-6-13(11)17)16(19)12-4-3-5-14-15(12)21-9-8-20-14/h3-5,11,13H,2,6-10,17H2,1H3. The van der Waals surface area contributed by atoms with Crippen molar-refractivity contribution in [2.75, 3.05) is 26.3 Å². The summed E-state index contributed by atoms with van der Waals surface area (Å²) >= 11 is 0. The molecule has 0 aliphatic carbocycles. The Balaban J connectivity index is 1.82. The van der Waals surface area contributed by atoms with E-state index in [1.54, 1.807) is 0 Å². The molecule has 2 aliphatic heterocycles. The molecule has 0 bridgehead atoms. The van der Waals surface area contributed by atoms with Crippen molar-refractivity contribution < 1.29 is 14.3 Å². The van der Waals surface area contributed by atoms with Crippen molar-refractivity contribution in [1.82, 2.24) is 4.90 Å². The topological polar surface area (TPSA) is 64.8 Å². The average Bonchev–Trinajstić information content (AvgIpc) is 2.54. The molecule has 1 aromatic carbocycles. The van der Waals surface area contributed by atoms with Crippen LogP contribution in [0.25, 0.3) is 0 Å². The Kier molecular flexibility index (Phi) is 4.01. The zero-order chi connectivity index (χ0) is 14.8. The minimum Gasteiger partial charge on any atom is -0.486 e. The molecule has 3 rings (SSSR count). The lowest BCUT2D eigenvalue weighted by Gasteiger charge is -2.37. The van der Waals surface area contributed by atoms with Crippen molar-refractivity contribution in [3.05, 3.63) is 23.8 Å². The highest BCUT2D eigenvalue weighted by Crippen LogP contribution is 2.35. The molecule has 2 heterocycles. The number of ether oxygens (including phenoxy) is 2. The highest BCUT2D eigenvalue weighted by atomic mass is 16.6. The molecule has 5 nitrogen and oxygen atoms in total. The summed E-state index contributed by atoms with van der Waals surface area (Å²) in [6.07, 6.45) is 1.86. The number of amides is 1. The van der Waals surface area contributed by atoms with E-state index in [-0.39, 0.29) is 11.9 Å². The maximum atomic E-state index is 12.8. The second kappa shape index (κ2) is 5.93. The van der Waals surface area contributed by atoms with E-state index in [1.165, 1.54) is 0 Å². The van der Waals surface area contributed by atoms with Crippen LogP contribution in [-0.2, 0) is 0 Å². The van der Waals surface area contributed by atoms with Crippen LogP contribution in [0.15, 0.2) is 18.2 Å². The molecule has 2 unspecified atom stereocenters. The molecule has 0 aromatic heterocycles. The van der Waals surface area contributed by atoms with Gasteiger partial charge in [0.25, 0.3) is 5.91 Å². The predicted molar refractivity (Wildman–Crippen MR) is 79.7 cm³/mol. The summed E-state index contributed by atoms with van der Waals surface area (Å²) in [5, 5.41) is 0. The van der Waals surface area contributed by atoms with Crippen molar-refractivity contribution in [1.29, 1.82) is 0 Å². The Morgan fingerprint density at radius 3 is 3.00 bits per heavy atom. The van der Waals surface area contributed by atoms with Crippen LogP contribution in [0.4, 0.5) is 0 Å². The number of hydrogen-bond donors (Lipinski definition) is 1. The molecule has 114 valence electrons. The zero-order valence-electron chi connectivity index (χ0n) is 12.4. The van der Waals surface area contributed by atoms with Gasteiger partial charge in [-0.25, -0.2) is 0 Å². The molecule has 21 heavy (non-hydrogen) atoms. The SMILES string of the molecule is CCC1CN(C(=O)c2cccc3c2OCCO3)CCC1N. The number of benzene rings is 1. The molecular formula is C16H22N2O3. The van der Waals surface area contributed by atoms with E-state index in [0.29, 0.717) is 42.7 Å². The second-order valence-corrected chi connectivity index (χ2v) is 5.70. The molecule has 0 spiro atoms. The lowest BCUT2D eigenvalue weighted by molar-refractivity contribution is 0.0639. The van der Waals surface area contributed by atoms with Gasteiger partial charge in [-0.1, -0.05) is 19.4 Å². The number of piperidine rings is 1. The number of fused-ring (bicyclic) bond motifs is 1. The van der Waals surface area contributed by atoms with E-state index >= 15 is 0 Å². The first-order valence-electron chi connectivity index (χ1n) is 7.64. The van der Waals surface area contributed by atoms with Gasteiger partial charge in [0.2, 0.25) is 0 Å². The van der Waals surface area contributed by atoms with Crippen LogP contribution in [0.1, 0.15) is 30.1 Å². The molecule has 1 amide bonds. The highest BCUT2D eigenvalue weighted by Gasteiger charge is 2.31. The molecule has 2 N–H and O–H groups in total. The molecule has 5 heteroatoms. The van der Waals surface area contributed by atoms with Crippen molar-refractivity contribution in [2.45, 2.75) is 25.8 Å². The first-order valence-corrected chi connectivity index (χ1v) is 7.64. The van der Waals surface area contributed by atoms with Gasteiger partial charge in [0.1, 0.15) is 13.2 Å². The normalized spacial score (nSPS) is 24.8. The third kappa shape index (κ3) is 2.70. The molecule has 1 fully saturated rings. The quantitative estimate of drug-likeness (QED) is 0.899. The van der Waals surface area contributed by atoms with Crippen LogP contribution in [-0.4, -0.2) is 43.2 Å². The number of carbonyl (C=O) groups is 1. The molecule has 2 atom stereocenters. The summed E-state index contributed by atoms with van der Waals surface area (Å²) in [5.41, 5.74) is 6.71. The first-order chi connectivity index (χ1) is 10.2. The van der Waals surface area contributed by atoms with Gasteiger partial charge in [0, 0.05) is 19.1 Å². The monoisotopic (exact) mass is 290 g/mol. The predicted octanol–water partition coefficient (Wildman–Crippen LogP) is 1.66. The Hall–Kier alpha value is -1.75. The number of nitrogens with two attached hydrogens (primary N) is 1. The van der Waals surface area contributed by atoms with Crippen LogP contribution in [0.5, 0.6) is 11.5 Å². The fourth-order valence-electron chi connectivity index (χ4n) is 3.08. The second-order valence-electron chi connectivity index (χ2n) is 5.70. The number of nitrogens with zero attached hydrogens (tertiary/aromatic N) is 1. The molecular weight excluding hydrogens is 268 g/mol. The van der Waals surface area contributed by atoms with Crippen LogP contribution >= 0.6 is 0 Å². The summed E-state index contributed by atoms with van der Waals surface area (Å²) in [6.45, 7) is 4.57. The molecule has 1 saturated heterocycles. The van der Waals surface area contributed by atoms with Gasteiger partial charge < -0.3 is 20.1 Å². The number of para-hydroxylation sites is 1. The molecule has 1 aromatic rings. The zero-order valence-corrected chi connectivity index (χ0v) is 12.4. The van der Waals surface area contributed by atoms with Crippen LogP contribution in [0.3, 0.4) is 0 Å². The summed E-state index contributed by atoms with van der Waals surface area (Å²) in [7, 11) is 0. The minimum atomic E-state index is 0.0164. The third-order valence-corrected chi connectivity index (χ3v) is 4.40. The lowest BCUT2D eigenvalue weighted by atomic mass is 9.90. The minimum absolute atomic E-state index is 0.0164. The van der Waals surface area contributed by atoms with Crippen molar-refractivity contribution in [3.63, 3.8) is 0 Å². The number of likely N-dealkylation sites (tertiary alicyclic amines) is 1. The van der Waals surface area contributed by atoms with E-state index < -0.39 is 0 Å². The molecule has 0 radical (unpaired) electrons. The number of hydrogen-bond acceptors (Lipinski definition) is 4. The van der Waals surface area contributed by atoms with Crippen LogP contribution in [0, 0.1) is 5.92 Å². The smallest absolute Gasteiger partial charge is 0.257 e.